The van der Waals surface area contributed by atoms with Gasteiger partial charge in [0.1, 0.15) is 5.75 Å². The maximum Gasteiger partial charge on any atom is 0.284 e. The Morgan fingerprint density at radius 3 is 2.79 bits per heavy atom. The lowest BCUT2D eigenvalue weighted by Gasteiger charge is -2.15. The molecule has 28 heavy (non-hydrogen) atoms. The molecule has 140 valence electrons. The fourth-order valence-electron chi connectivity index (χ4n) is 2.94. The zero-order chi connectivity index (χ0) is 19.8. The number of thiocarbonyl (C=S) groups is 1. The number of amides is 3. The summed E-state index contributed by atoms with van der Waals surface area (Å²) in [5.41, 5.74) is 4.11. The van der Waals surface area contributed by atoms with Crippen LogP contribution in [0.15, 0.2) is 59.5 Å². The smallest absolute Gasteiger partial charge is 0.284 e. The molecule has 4 rings (SSSR count). The zero-order valence-electron chi connectivity index (χ0n) is 14.2. The number of aromatic hydroxyl groups is 1. The van der Waals surface area contributed by atoms with Gasteiger partial charge in [0.15, 0.2) is 4.32 Å². The Labute approximate surface area is 169 Å². The molecule has 0 aliphatic carbocycles. The Bertz CT molecular complexity index is 1070. The molecule has 3 N–H and O–H groups in total. The Balaban J connectivity index is 1.55. The largest absolute Gasteiger partial charge is 0.508 e. The zero-order valence-corrected chi connectivity index (χ0v) is 15.8. The van der Waals surface area contributed by atoms with Crippen molar-refractivity contribution >= 4 is 51.7 Å². The first-order valence-electron chi connectivity index (χ1n) is 8.22. The van der Waals surface area contributed by atoms with Crippen molar-refractivity contribution in [1.82, 2.24) is 10.4 Å². The van der Waals surface area contributed by atoms with Crippen molar-refractivity contribution in [3.05, 3.63) is 70.6 Å². The monoisotopic (exact) mass is 411 g/mol. The molecule has 2 heterocycles. The van der Waals surface area contributed by atoms with E-state index >= 15 is 0 Å². The van der Waals surface area contributed by atoms with Crippen LogP contribution in [-0.2, 0) is 9.59 Å². The lowest BCUT2D eigenvalue weighted by atomic mass is 10.0. The average molecular weight is 411 g/mol. The minimum atomic E-state index is -0.604. The van der Waals surface area contributed by atoms with Crippen molar-refractivity contribution < 1.29 is 19.5 Å². The standard InChI is InChI=1S/C19H13N3O4S2/c23-11-5-3-4-10(8-11)16(24)21-22-18(26)15(28-19(22)27)9-13-12-6-1-2-7-14(12)20-17(13)25/h1-9,13,23H,(H,20,25)(H,21,24)/b15-9-/t13-/m1/s1. The molecule has 0 aromatic heterocycles. The van der Waals surface area contributed by atoms with Crippen LogP contribution in [0.2, 0.25) is 0 Å². The molecule has 1 saturated heterocycles. The van der Waals surface area contributed by atoms with E-state index in [9.17, 15) is 19.5 Å². The minimum Gasteiger partial charge on any atom is -0.508 e. The molecule has 1 atom stereocenters. The predicted molar refractivity (Wildman–Crippen MR) is 109 cm³/mol. The highest BCUT2D eigenvalue weighted by Gasteiger charge is 2.37. The van der Waals surface area contributed by atoms with Gasteiger partial charge in [-0.15, -0.1) is 0 Å². The van der Waals surface area contributed by atoms with Gasteiger partial charge in [-0.05, 0) is 48.1 Å². The summed E-state index contributed by atoms with van der Waals surface area (Å²) in [6.07, 6.45) is 1.56. The Kier molecular flexibility index (Phi) is 4.62. The first-order valence-corrected chi connectivity index (χ1v) is 9.44. The molecule has 2 aliphatic heterocycles. The van der Waals surface area contributed by atoms with E-state index in [0.717, 1.165) is 22.3 Å². The number of carbonyl (C=O) groups is 3. The van der Waals surface area contributed by atoms with E-state index < -0.39 is 17.7 Å². The molecule has 2 aromatic carbocycles. The van der Waals surface area contributed by atoms with Gasteiger partial charge in [-0.2, -0.15) is 5.01 Å². The van der Waals surface area contributed by atoms with Gasteiger partial charge in [0.05, 0.1) is 10.8 Å². The van der Waals surface area contributed by atoms with Crippen LogP contribution >= 0.6 is 24.0 Å². The van der Waals surface area contributed by atoms with Crippen LogP contribution in [0.5, 0.6) is 5.75 Å². The molecule has 9 heteroatoms. The van der Waals surface area contributed by atoms with Crippen molar-refractivity contribution in [1.29, 1.82) is 0 Å². The number of rotatable bonds is 3. The Hall–Kier alpha value is -3.17. The summed E-state index contributed by atoms with van der Waals surface area (Å²) >= 11 is 6.21. The van der Waals surface area contributed by atoms with E-state index in [2.05, 4.69) is 10.7 Å². The van der Waals surface area contributed by atoms with E-state index in [1.54, 1.807) is 12.1 Å². The number of nitrogens with zero attached hydrogens (tertiary/aromatic N) is 1. The number of thioether (sulfide) groups is 1. The fraction of sp³-hybridized carbons (Fsp3) is 0.0526. The number of benzene rings is 2. The minimum absolute atomic E-state index is 0.0659. The molecule has 2 aliphatic rings. The molecule has 0 spiro atoms. The third-order valence-corrected chi connectivity index (χ3v) is 5.59. The van der Waals surface area contributed by atoms with Crippen molar-refractivity contribution in [2.75, 3.05) is 5.32 Å². The number of fused-ring (bicyclic) bond motifs is 1. The van der Waals surface area contributed by atoms with Gasteiger partial charge in [0, 0.05) is 11.3 Å². The highest BCUT2D eigenvalue weighted by molar-refractivity contribution is 8.26. The van der Waals surface area contributed by atoms with Crippen LogP contribution in [0.25, 0.3) is 0 Å². The highest BCUT2D eigenvalue weighted by Crippen LogP contribution is 2.38. The van der Waals surface area contributed by atoms with E-state index in [-0.39, 0.29) is 26.4 Å². The summed E-state index contributed by atoms with van der Waals surface area (Å²) in [7, 11) is 0. The van der Waals surface area contributed by atoms with E-state index in [4.69, 9.17) is 12.2 Å². The van der Waals surface area contributed by atoms with Crippen LogP contribution < -0.4 is 10.7 Å². The van der Waals surface area contributed by atoms with Gasteiger partial charge in [-0.1, -0.05) is 36.0 Å². The maximum atomic E-state index is 12.7. The van der Waals surface area contributed by atoms with Crippen LogP contribution in [0.4, 0.5) is 5.69 Å². The van der Waals surface area contributed by atoms with Gasteiger partial charge in [0.25, 0.3) is 11.8 Å². The molecule has 7 nitrogen and oxygen atoms in total. The van der Waals surface area contributed by atoms with Gasteiger partial charge >= 0.3 is 0 Å². The van der Waals surface area contributed by atoms with E-state index in [1.807, 2.05) is 18.2 Å². The number of anilines is 1. The fourth-order valence-corrected chi connectivity index (χ4v) is 4.13. The molecule has 3 amide bonds. The topological polar surface area (TPSA) is 98.7 Å². The highest BCUT2D eigenvalue weighted by atomic mass is 32.2. The van der Waals surface area contributed by atoms with Crippen LogP contribution in [0, 0.1) is 0 Å². The van der Waals surface area contributed by atoms with Crippen molar-refractivity contribution in [2.24, 2.45) is 0 Å². The molecule has 1 fully saturated rings. The second-order valence-electron chi connectivity index (χ2n) is 6.08. The molecule has 0 radical (unpaired) electrons. The molecule has 2 aromatic rings. The third-order valence-electron chi connectivity index (χ3n) is 4.27. The predicted octanol–water partition coefficient (Wildman–Crippen LogP) is 2.52. The molecule has 0 saturated carbocycles. The number of phenolic OH excluding ortho intramolecular Hbond substituents is 1. The quantitative estimate of drug-likeness (QED) is 0.530. The summed E-state index contributed by atoms with van der Waals surface area (Å²) in [6, 6.07) is 13.0. The number of carbonyl (C=O) groups excluding carboxylic acids is 3. The summed E-state index contributed by atoms with van der Waals surface area (Å²) in [5.74, 6) is -2.00. The number of phenols is 1. The number of para-hydroxylation sites is 1. The first kappa shape index (κ1) is 18.2. The number of hydrazine groups is 1. The average Bonchev–Trinajstić information content (AvgIpc) is 3.13. The van der Waals surface area contributed by atoms with Gasteiger partial charge in [-0.25, -0.2) is 0 Å². The summed E-state index contributed by atoms with van der Waals surface area (Å²) in [5, 5.41) is 13.2. The second kappa shape index (κ2) is 7.10. The first-order chi connectivity index (χ1) is 13.4. The third kappa shape index (κ3) is 3.25. The normalized spacial score (nSPS) is 19.7. The molecule has 0 bridgehead atoms. The van der Waals surface area contributed by atoms with Crippen LogP contribution in [-0.4, -0.2) is 32.2 Å². The lowest BCUT2D eigenvalue weighted by Crippen LogP contribution is -2.44. The molecule has 0 unspecified atom stereocenters. The number of hydrogen-bond acceptors (Lipinski definition) is 6. The van der Waals surface area contributed by atoms with E-state index in [1.165, 1.54) is 24.3 Å². The Morgan fingerprint density at radius 1 is 1.21 bits per heavy atom. The van der Waals surface area contributed by atoms with Crippen LogP contribution in [0.3, 0.4) is 0 Å². The van der Waals surface area contributed by atoms with Crippen molar-refractivity contribution in [3.8, 4) is 5.75 Å². The van der Waals surface area contributed by atoms with Crippen molar-refractivity contribution in [2.45, 2.75) is 5.92 Å². The number of hydrogen-bond donors (Lipinski definition) is 3. The van der Waals surface area contributed by atoms with Gasteiger partial charge in [-0.3, -0.25) is 19.8 Å². The van der Waals surface area contributed by atoms with E-state index in [0.29, 0.717) is 5.69 Å². The summed E-state index contributed by atoms with van der Waals surface area (Å²) in [6.45, 7) is 0. The summed E-state index contributed by atoms with van der Waals surface area (Å²) < 4.78 is 0.149. The lowest BCUT2D eigenvalue weighted by molar-refractivity contribution is -0.123. The molecular formula is C19H13N3O4S2. The maximum absolute atomic E-state index is 12.7. The second-order valence-corrected chi connectivity index (χ2v) is 7.76. The SMILES string of the molecule is O=C(NN1C(=O)/C(=C/[C@H]2C(=O)Nc3ccccc32)SC1=S)c1cccc(O)c1. The Morgan fingerprint density at radius 2 is 2.00 bits per heavy atom. The van der Waals surface area contributed by atoms with Crippen molar-refractivity contribution in [3.63, 3.8) is 0 Å². The van der Waals surface area contributed by atoms with Gasteiger partial charge < -0.3 is 10.4 Å². The number of nitrogens with one attached hydrogen (secondary N) is 2. The summed E-state index contributed by atoms with van der Waals surface area (Å²) in [4.78, 5) is 37.6. The van der Waals surface area contributed by atoms with Gasteiger partial charge in [0.2, 0.25) is 5.91 Å². The van der Waals surface area contributed by atoms with Crippen LogP contribution in [0.1, 0.15) is 21.8 Å². The molecular weight excluding hydrogens is 398 g/mol.